The van der Waals surface area contributed by atoms with Crippen molar-refractivity contribution in [3.63, 3.8) is 0 Å². The molecule has 1 unspecified atom stereocenters. The molecule has 1 rings (SSSR count). The summed E-state index contributed by atoms with van der Waals surface area (Å²) in [6, 6.07) is 1.61. The number of nitrogens with zero attached hydrogens (tertiary/aromatic N) is 2. The van der Waals surface area contributed by atoms with Gasteiger partial charge in [0.2, 0.25) is 0 Å². The monoisotopic (exact) mass is 225 g/mol. The van der Waals surface area contributed by atoms with Gasteiger partial charge in [-0.05, 0) is 12.5 Å². The van der Waals surface area contributed by atoms with Gasteiger partial charge in [-0.15, -0.1) is 0 Å². The third-order valence-corrected chi connectivity index (χ3v) is 2.34. The average molecular weight is 225 g/mol. The average Bonchev–Trinajstić information content (AvgIpc) is 2.64. The first kappa shape index (κ1) is 12.2. The number of rotatable bonds is 5. The molecule has 1 aromatic rings. The van der Waals surface area contributed by atoms with E-state index in [1.807, 2.05) is 0 Å². The summed E-state index contributed by atoms with van der Waals surface area (Å²) in [5, 5.41) is 15.2. The lowest BCUT2D eigenvalue weighted by Gasteiger charge is -2.07. The molecule has 0 spiro atoms. The molecule has 2 N–H and O–H groups in total. The van der Waals surface area contributed by atoms with Crippen molar-refractivity contribution in [2.75, 3.05) is 6.54 Å². The van der Waals surface area contributed by atoms with Crippen LogP contribution in [0.3, 0.4) is 0 Å². The molecule has 16 heavy (non-hydrogen) atoms. The van der Waals surface area contributed by atoms with Crippen LogP contribution in [0.5, 0.6) is 0 Å². The number of carboxylic acids is 1. The fourth-order valence-corrected chi connectivity index (χ4v) is 1.21. The van der Waals surface area contributed by atoms with Crippen LogP contribution in [0.15, 0.2) is 12.3 Å². The van der Waals surface area contributed by atoms with Crippen LogP contribution in [0.4, 0.5) is 0 Å². The highest BCUT2D eigenvalue weighted by molar-refractivity contribution is 5.92. The van der Waals surface area contributed by atoms with Gasteiger partial charge in [0.25, 0.3) is 5.91 Å². The Bertz CT molecular complexity index is 386. The van der Waals surface area contributed by atoms with E-state index in [0.717, 1.165) is 0 Å². The van der Waals surface area contributed by atoms with Crippen molar-refractivity contribution in [1.82, 2.24) is 15.1 Å². The van der Waals surface area contributed by atoms with Crippen LogP contribution in [0.1, 0.15) is 23.8 Å². The largest absolute Gasteiger partial charge is 0.481 e. The van der Waals surface area contributed by atoms with Gasteiger partial charge in [0, 0.05) is 19.8 Å². The molecule has 0 radical (unpaired) electrons. The van der Waals surface area contributed by atoms with Crippen molar-refractivity contribution < 1.29 is 14.7 Å². The van der Waals surface area contributed by atoms with Crippen LogP contribution in [-0.4, -0.2) is 33.3 Å². The molecule has 0 aliphatic carbocycles. The molecule has 0 aromatic carbocycles. The van der Waals surface area contributed by atoms with E-state index in [1.165, 1.54) is 10.9 Å². The first-order chi connectivity index (χ1) is 7.52. The minimum Gasteiger partial charge on any atom is -0.481 e. The van der Waals surface area contributed by atoms with Crippen molar-refractivity contribution >= 4 is 11.9 Å². The van der Waals surface area contributed by atoms with E-state index < -0.39 is 11.9 Å². The van der Waals surface area contributed by atoms with E-state index in [2.05, 4.69) is 10.4 Å². The molecule has 0 fully saturated rings. The second-order valence-electron chi connectivity index (χ2n) is 3.62. The lowest BCUT2D eigenvalue weighted by Crippen LogP contribution is -2.28. The van der Waals surface area contributed by atoms with E-state index in [0.29, 0.717) is 18.7 Å². The summed E-state index contributed by atoms with van der Waals surface area (Å²) < 4.78 is 1.47. The van der Waals surface area contributed by atoms with Gasteiger partial charge >= 0.3 is 5.97 Å². The predicted molar refractivity (Wildman–Crippen MR) is 57.0 cm³/mol. The maximum absolute atomic E-state index is 11.6. The fraction of sp³-hybridized carbons (Fsp3) is 0.500. The number of carboxylic acid groups (broad SMARTS) is 1. The SMILES string of the molecule is CC(CCNC(=O)c1ccnn1C)C(=O)O. The molecule has 0 aliphatic heterocycles. The third-order valence-electron chi connectivity index (χ3n) is 2.34. The second kappa shape index (κ2) is 5.29. The number of aliphatic carboxylic acids is 1. The summed E-state index contributed by atoms with van der Waals surface area (Å²) in [4.78, 5) is 22.1. The van der Waals surface area contributed by atoms with Crippen LogP contribution >= 0.6 is 0 Å². The molecule has 0 saturated carbocycles. The summed E-state index contributed by atoms with van der Waals surface area (Å²) >= 11 is 0. The zero-order chi connectivity index (χ0) is 12.1. The Morgan fingerprint density at radius 1 is 1.62 bits per heavy atom. The summed E-state index contributed by atoms with van der Waals surface area (Å²) in [7, 11) is 1.68. The van der Waals surface area contributed by atoms with Gasteiger partial charge < -0.3 is 10.4 Å². The number of nitrogens with one attached hydrogen (secondary N) is 1. The topological polar surface area (TPSA) is 84.2 Å². The van der Waals surface area contributed by atoms with E-state index in [-0.39, 0.29) is 5.91 Å². The van der Waals surface area contributed by atoms with Crippen molar-refractivity contribution in [3.8, 4) is 0 Å². The summed E-state index contributed by atoms with van der Waals surface area (Å²) in [6.07, 6.45) is 1.95. The van der Waals surface area contributed by atoms with Gasteiger partial charge in [0.1, 0.15) is 5.69 Å². The maximum Gasteiger partial charge on any atom is 0.306 e. The molecular weight excluding hydrogens is 210 g/mol. The minimum atomic E-state index is -0.852. The highest BCUT2D eigenvalue weighted by Crippen LogP contribution is 2.01. The molecule has 0 aliphatic rings. The fourth-order valence-electron chi connectivity index (χ4n) is 1.21. The summed E-state index contributed by atoms with van der Waals surface area (Å²) in [5.41, 5.74) is 0.461. The van der Waals surface area contributed by atoms with E-state index in [1.54, 1.807) is 20.0 Å². The normalized spacial score (nSPS) is 12.1. The number of hydrogen-bond donors (Lipinski definition) is 2. The number of aryl methyl sites for hydroxylation is 1. The minimum absolute atomic E-state index is 0.238. The van der Waals surface area contributed by atoms with Crippen LogP contribution in [0.25, 0.3) is 0 Å². The highest BCUT2D eigenvalue weighted by Gasteiger charge is 2.12. The van der Waals surface area contributed by atoms with Gasteiger partial charge in [0.15, 0.2) is 0 Å². The Kier molecular flexibility index (Phi) is 4.04. The number of hydrogen-bond acceptors (Lipinski definition) is 3. The first-order valence-corrected chi connectivity index (χ1v) is 5.01. The molecule has 0 saturated heterocycles. The Balaban J connectivity index is 2.37. The zero-order valence-electron chi connectivity index (χ0n) is 9.30. The van der Waals surface area contributed by atoms with Crippen molar-refractivity contribution in [2.45, 2.75) is 13.3 Å². The molecule has 88 valence electrons. The van der Waals surface area contributed by atoms with Gasteiger partial charge in [-0.2, -0.15) is 5.10 Å². The first-order valence-electron chi connectivity index (χ1n) is 5.01. The van der Waals surface area contributed by atoms with Crippen LogP contribution < -0.4 is 5.32 Å². The third kappa shape index (κ3) is 3.08. The van der Waals surface area contributed by atoms with Gasteiger partial charge in [-0.3, -0.25) is 14.3 Å². The van der Waals surface area contributed by atoms with E-state index in [9.17, 15) is 9.59 Å². The van der Waals surface area contributed by atoms with E-state index in [4.69, 9.17) is 5.11 Å². The molecule has 1 heterocycles. The van der Waals surface area contributed by atoms with Crippen molar-refractivity contribution in [3.05, 3.63) is 18.0 Å². The highest BCUT2D eigenvalue weighted by atomic mass is 16.4. The van der Waals surface area contributed by atoms with Gasteiger partial charge in [0.05, 0.1) is 5.92 Å². The van der Waals surface area contributed by atoms with E-state index >= 15 is 0 Å². The molecule has 1 atom stereocenters. The summed E-state index contributed by atoms with van der Waals surface area (Å²) in [5.74, 6) is -1.54. The Morgan fingerprint density at radius 3 is 2.81 bits per heavy atom. The lowest BCUT2D eigenvalue weighted by atomic mass is 10.1. The number of carbonyl (C=O) groups is 2. The summed E-state index contributed by atoms with van der Waals surface area (Å²) in [6.45, 7) is 1.95. The van der Waals surface area contributed by atoms with Crippen LogP contribution in [-0.2, 0) is 11.8 Å². The zero-order valence-corrected chi connectivity index (χ0v) is 9.30. The number of carbonyl (C=O) groups excluding carboxylic acids is 1. The smallest absolute Gasteiger partial charge is 0.306 e. The van der Waals surface area contributed by atoms with Crippen LogP contribution in [0, 0.1) is 5.92 Å². The number of amides is 1. The van der Waals surface area contributed by atoms with Crippen molar-refractivity contribution in [2.24, 2.45) is 13.0 Å². The molecular formula is C10H15N3O3. The quantitative estimate of drug-likeness (QED) is 0.752. The Labute approximate surface area is 93.3 Å². The number of aromatic nitrogens is 2. The standard InChI is InChI=1S/C10H15N3O3/c1-7(10(15)16)3-5-11-9(14)8-4-6-12-13(8)2/h4,6-7H,3,5H2,1-2H3,(H,11,14)(H,15,16). The maximum atomic E-state index is 11.6. The predicted octanol–water partition coefficient (Wildman–Crippen LogP) is 0.261. The van der Waals surface area contributed by atoms with Gasteiger partial charge in [-0.1, -0.05) is 6.92 Å². The van der Waals surface area contributed by atoms with Crippen molar-refractivity contribution in [1.29, 1.82) is 0 Å². The van der Waals surface area contributed by atoms with Crippen LogP contribution in [0.2, 0.25) is 0 Å². The molecule has 1 amide bonds. The molecule has 6 heteroatoms. The Hall–Kier alpha value is -1.85. The molecule has 6 nitrogen and oxygen atoms in total. The van der Waals surface area contributed by atoms with Gasteiger partial charge in [-0.25, -0.2) is 0 Å². The lowest BCUT2D eigenvalue weighted by molar-refractivity contribution is -0.141. The second-order valence-corrected chi connectivity index (χ2v) is 3.62. The Morgan fingerprint density at radius 2 is 2.31 bits per heavy atom. The molecule has 1 aromatic heterocycles. The molecule has 0 bridgehead atoms.